The number of ether oxygens (including phenoxy) is 2. The van der Waals surface area contributed by atoms with Crippen molar-refractivity contribution in [3.05, 3.63) is 57.1 Å². The van der Waals surface area contributed by atoms with Gasteiger partial charge in [0.25, 0.3) is 11.8 Å². The molecule has 1 N–H and O–H groups in total. The van der Waals surface area contributed by atoms with Gasteiger partial charge in [0.2, 0.25) is 0 Å². The van der Waals surface area contributed by atoms with Crippen molar-refractivity contribution in [1.82, 2.24) is 5.32 Å². The fourth-order valence-electron chi connectivity index (χ4n) is 3.59. The molecule has 0 radical (unpaired) electrons. The van der Waals surface area contributed by atoms with Crippen LogP contribution in [-0.2, 0) is 9.59 Å². The maximum absolute atomic E-state index is 13.2. The summed E-state index contributed by atoms with van der Waals surface area (Å²) >= 11 is 3.51. The Hall–Kier alpha value is -3.13. The number of methoxy groups -OCH3 is 1. The lowest BCUT2D eigenvalue weighted by atomic mass is 10.0. The molecule has 7 nitrogen and oxygen atoms in total. The van der Waals surface area contributed by atoms with E-state index >= 15 is 0 Å². The van der Waals surface area contributed by atoms with Gasteiger partial charge in [-0.15, -0.1) is 0 Å². The first kappa shape index (κ1) is 25.5. The maximum Gasteiger partial charge on any atom is 0.335 e. The second-order valence-corrected chi connectivity index (χ2v) is 9.02. The van der Waals surface area contributed by atoms with Crippen LogP contribution in [0.4, 0.5) is 10.5 Å². The van der Waals surface area contributed by atoms with E-state index in [-0.39, 0.29) is 5.57 Å². The fourth-order valence-corrected chi connectivity index (χ4v) is 4.16. The Bertz CT molecular complexity index is 1140. The minimum absolute atomic E-state index is 0.153. The molecular formula is C26H29BrN2O5. The largest absolute Gasteiger partial charge is 0.493 e. The highest BCUT2D eigenvalue weighted by atomic mass is 79.9. The summed E-state index contributed by atoms with van der Waals surface area (Å²) in [4.78, 5) is 39.2. The number of amides is 4. The van der Waals surface area contributed by atoms with E-state index in [4.69, 9.17) is 9.47 Å². The van der Waals surface area contributed by atoms with Crippen molar-refractivity contribution in [2.45, 2.75) is 46.5 Å². The van der Waals surface area contributed by atoms with Crippen molar-refractivity contribution in [3.8, 4) is 11.5 Å². The van der Waals surface area contributed by atoms with Crippen LogP contribution in [0.3, 0.4) is 0 Å². The molecule has 0 spiro atoms. The Morgan fingerprint density at radius 1 is 1.03 bits per heavy atom. The zero-order valence-electron chi connectivity index (χ0n) is 19.9. The molecule has 0 saturated carbocycles. The Kier molecular flexibility index (Phi) is 8.50. The van der Waals surface area contributed by atoms with Gasteiger partial charge in [0.1, 0.15) is 5.57 Å². The molecule has 0 aromatic heterocycles. The number of carbonyl (C=O) groups is 3. The van der Waals surface area contributed by atoms with Gasteiger partial charge in [-0.2, -0.15) is 0 Å². The quantitative estimate of drug-likeness (QED) is 0.256. The van der Waals surface area contributed by atoms with Gasteiger partial charge >= 0.3 is 6.03 Å². The number of imide groups is 2. The minimum atomic E-state index is -0.777. The molecule has 1 fully saturated rings. The first-order valence-electron chi connectivity index (χ1n) is 11.3. The van der Waals surface area contributed by atoms with Gasteiger partial charge in [-0.1, -0.05) is 32.3 Å². The molecule has 4 amide bonds. The molecule has 2 aromatic rings. The van der Waals surface area contributed by atoms with E-state index in [9.17, 15) is 14.4 Å². The molecule has 1 aliphatic rings. The van der Waals surface area contributed by atoms with Gasteiger partial charge in [-0.3, -0.25) is 14.9 Å². The number of nitrogens with one attached hydrogen (secondary N) is 1. The van der Waals surface area contributed by atoms with Crippen molar-refractivity contribution < 1.29 is 23.9 Å². The molecule has 0 bridgehead atoms. The Balaban J connectivity index is 1.90. The summed E-state index contributed by atoms with van der Waals surface area (Å²) in [5, 5.41) is 2.25. The lowest BCUT2D eigenvalue weighted by Gasteiger charge is -2.27. The predicted octanol–water partition coefficient (Wildman–Crippen LogP) is 5.70. The first-order chi connectivity index (χ1) is 16.3. The molecule has 1 aliphatic heterocycles. The van der Waals surface area contributed by atoms with Gasteiger partial charge in [-0.05, 0) is 83.2 Å². The summed E-state index contributed by atoms with van der Waals surface area (Å²) in [5.41, 5.74) is 2.76. The fraction of sp³-hybridized carbons (Fsp3) is 0.346. The van der Waals surface area contributed by atoms with Crippen LogP contribution >= 0.6 is 15.9 Å². The number of hydrogen-bond acceptors (Lipinski definition) is 5. The predicted molar refractivity (Wildman–Crippen MR) is 135 cm³/mol. The topological polar surface area (TPSA) is 84.9 Å². The number of urea groups is 1. The average Bonchev–Trinajstić information content (AvgIpc) is 2.79. The van der Waals surface area contributed by atoms with Crippen LogP contribution in [-0.4, -0.2) is 31.6 Å². The molecule has 3 rings (SSSR count). The Morgan fingerprint density at radius 3 is 2.47 bits per heavy atom. The summed E-state index contributed by atoms with van der Waals surface area (Å²) in [5.74, 6) is -0.403. The molecular weight excluding hydrogens is 500 g/mol. The highest BCUT2D eigenvalue weighted by molar-refractivity contribution is 9.10. The van der Waals surface area contributed by atoms with Crippen LogP contribution in [0, 0.1) is 13.8 Å². The summed E-state index contributed by atoms with van der Waals surface area (Å²) < 4.78 is 12.0. The van der Waals surface area contributed by atoms with Crippen molar-refractivity contribution in [1.29, 1.82) is 0 Å². The normalized spacial score (nSPS) is 15.0. The van der Waals surface area contributed by atoms with Gasteiger partial charge < -0.3 is 9.47 Å². The SMILES string of the molecule is CCCCCCOc1c(Br)cc(/C=C2/C(=O)NC(=O)N(c3ccc(C)c(C)c3)C2=O)cc1OC. The molecule has 2 aromatic carbocycles. The molecule has 8 heteroatoms. The zero-order valence-corrected chi connectivity index (χ0v) is 21.5. The number of carbonyl (C=O) groups excluding carboxylic acids is 3. The van der Waals surface area contributed by atoms with E-state index < -0.39 is 17.8 Å². The Morgan fingerprint density at radius 2 is 1.79 bits per heavy atom. The van der Waals surface area contributed by atoms with Crippen LogP contribution in [0.1, 0.15) is 49.3 Å². The zero-order chi connectivity index (χ0) is 24.8. The second-order valence-electron chi connectivity index (χ2n) is 8.17. The van der Waals surface area contributed by atoms with Crippen molar-refractivity contribution in [2.75, 3.05) is 18.6 Å². The van der Waals surface area contributed by atoms with Gasteiger partial charge in [0.05, 0.1) is 23.9 Å². The summed E-state index contributed by atoms with van der Waals surface area (Å²) in [7, 11) is 1.53. The van der Waals surface area contributed by atoms with E-state index in [2.05, 4.69) is 28.2 Å². The summed E-state index contributed by atoms with van der Waals surface area (Å²) in [6.45, 7) is 6.55. The molecule has 0 unspecified atom stereocenters. The highest BCUT2D eigenvalue weighted by Gasteiger charge is 2.37. The van der Waals surface area contributed by atoms with E-state index in [0.29, 0.717) is 33.8 Å². The van der Waals surface area contributed by atoms with Crippen molar-refractivity contribution >= 4 is 45.5 Å². The van der Waals surface area contributed by atoms with Crippen LogP contribution in [0.15, 0.2) is 40.4 Å². The van der Waals surface area contributed by atoms with E-state index in [0.717, 1.165) is 41.7 Å². The van der Waals surface area contributed by atoms with Crippen molar-refractivity contribution in [2.24, 2.45) is 0 Å². The minimum Gasteiger partial charge on any atom is -0.493 e. The van der Waals surface area contributed by atoms with Crippen molar-refractivity contribution in [3.63, 3.8) is 0 Å². The second kappa shape index (κ2) is 11.3. The molecule has 34 heavy (non-hydrogen) atoms. The molecule has 0 aliphatic carbocycles. The van der Waals surface area contributed by atoms with Crippen LogP contribution in [0.25, 0.3) is 6.08 Å². The third-order valence-corrected chi connectivity index (χ3v) is 6.25. The number of anilines is 1. The van der Waals surface area contributed by atoms with Crippen LogP contribution < -0.4 is 19.7 Å². The standard InChI is InChI=1S/C26H29BrN2O5/c1-5-6-7-8-11-34-23-21(27)14-18(15-22(23)33-4)13-20-24(30)28-26(32)29(25(20)31)19-10-9-16(2)17(3)12-19/h9-10,12-15H,5-8,11H2,1-4H3,(H,28,30,32)/b20-13-. The molecule has 1 heterocycles. The molecule has 1 saturated heterocycles. The van der Waals surface area contributed by atoms with E-state index in [1.54, 1.807) is 24.3 Å². The summed E-state index contributed by atoms with van der Waals surface area (Å²) in [6.07, 6.45) is 5.78. The lowest BCUT2D eigenvalue weighted by Crippen LogP contribution is -2.54. The Labute approximate surface area is 208 Å². The molecule has 0 atom stereocenters. The summed E-state index contributed by atoms with van der Waals surface area (Å²) in [6, 6.07) is 7.91. The van der Waals surface area contributed by atoms with Crippen LogP contribution in [0.5, 0.6) is 11.5 Å². The number of benzene rings is 2. The highest BCUT2D eigenvalue weighted by Crippen LogP contribution is 2.37. The first-order valence-corrected chi connectivity index (χ1v) is 12.0. The average molecular weight is 529 g/mol. The number of halogens is 1. The molecule has 180 valence electrons. The van der Waals surface area contributed by atoms with E-state index in [1.807, 2.05) is 19.9 Å². The number of barbiturate groups is 1. The number of hydrogen-bond donors (Lipinski definition) is 1. The lowest BCUT2D eigenvalue weighted by molar-refractivity contribution is -0.122. The third kappa shape index (κ3) is 5.67. The van der Waals surface area contributed by atoms with Gasteiger partial charge in [-0.25, -0.2) is 9.69 Å². The van der Waals surface area contributed by atoms with Gasteiger partial charge in [0, 0.05) is 0 Å². The van der Waals surface area contributed by atoms with Crippen LogP contribution in [0.2, 0.25) is 0 Å². The van der Waals surface area contributed by atoms with E-state index in [1.165, 1.54) is 13.2 Å². The third-order valence-electron chi connectivity index (χ3n) is 5.66. The maximum atomic E-state index is 13.2. The monoisotopic (exact) mass is 528 g/mol. The number of aryl methyl sites for hydroxylation is 2. The smallest absolute Gasteiger partial charge is 0.335 e. The number of nitrogens with zero attached hydrogens (tertiary/aromatic N) is 1. The van der Waals surface area contributed by atoms with Gasteiger partial charge in [0.15, 0.2) is 11.5 Å². The number of unbranched alkanes of at least 4 members (excludes halogenated alkanes) is 3. The number of rotatable bonds is 9.